The van der Waals surface area contributed by atoms with E-state index in [-0.39, 0.29) is 6.54 Å². The third-order valence-electron chi connectivity index (χ3n) is 3.32. The molecule has 0 spiro atoms. The van der Waals surface area contributed by atoms with Crippen LogP contribution in [-0.4, -0.2) is 28.2 Å². The highest BCUT2D eigenvalue weighted by molar-refractivity contribution is 5.66. The Balaban J connectivity index is 3.10. The summed E-state index contributed by atoms with van der Waals surface area (Å²) in [6.07, 6.45) is -1.75. The van der Waals surface area contributed by atoms with E-state index in [9.17, 15) is 14.3 Å². The second-order valence-electron chi connectivity index (χ2n) is 4.85. The number of benzene rings is 1. The molecule has 2 unspecified atom stereocenters. The third-order valence-corrected chi connectivity index (χ3v) is 3.32. The number of alkyl halides is 1. The average molecular weight is 268 g/mol. The first-order valence-corrected chi connectivity index (χ1v) is 6.37. The molecule has 0 saturated heterocycles. The van der Waals surface area contributed by atoms with Gasteiger partial charge in [-0.15, -0.1) is 0 Å². The van der Waals surface area contributed by atoms with Crippen LogP contribution in [0.2, 0.25) is 0 Å². The smallest absolute Gasteiger partial charge is 0.410 e. The van der Waals surface area contributed by atoms with Crippen LogP contribution in [0, 0.1) is 0 Å². The van der Waals surface area contributed by atoms with Gasteiger partial charge in [0.2, 0.25) is 6.30 Å². The number of nitrogens with two attached hydrogens (primary N) is 1. The SMILES string of the molecule is CCCC(C)(CN)N(C(=O)O)C(F)c1ccccc1. The van der Waals surface area contributed by atoms with Crippen LogP contribution in [0.3, 0.4) is 0 Å². The van der Waals surface area contributed by atoms with E-state index in [2.05, 4.69) is 0 Å². The predicted octanol–water partition coefficient (Wildman–Crippen LogP) is 3.15. The van der Waals surface area contributed by atoms with Crippen LogP contribution in [-0.2, 0) is 0 Å². The van der Waals surface area contributed by atoms with E-state index in [1.165, 1.54) is 0 Å². The first-order chi connectivity index (χ1) is 8.96. The number of carbonyl (C=O) groups is 1. The summed E-state index contributed by atoms with van der Waals surface area (Å²) >= 11 is 0. The molecule has 0 heterocycles. The van der Waals surface area contributed by atoms with E-state index in [0.717, 1.165) is 11.3 Å². The van der Waals surface area contributed by atoms with Crippen molar-refractivity contribution in [3.05, 3.63) is 35.9 Å². The lowest BCUT2D eigenvalue weighted by atomic mass is 9.93. The molecule has 0 aliphatic heterocycles. The minimum atomic E-state index is -1.71. The normalized spacial score (nSPS) is 15.6. The van der Waals surface area contributed by atoms with E-state index >= 15 is 0 Å². The quantitative estimate of drug-likeness (QED) is 0.779. The Bertz CT molecular complexity index is 413. The Morgan fingerprint density at radius 2 is 2.05 bits per heavy atom. The van der Waals surface area contributed by atoms with Crippen LogP contribution in [0.5, 0.6) is 0 Å². The first-order valence-electron chi connectivity index (χ1n) is 6.37. The molecule has 0 saturated carbocycles. The van der Waals surface area contributed by atoms with Crippen molar-refractivity contribution in [2.45, 2.75) is 38.5 Å². The molecule has 1 aromatic rings. The Hall–Kier alpha value is -1.62. The van der Waals surface area contributed by atoms with Gasteiger partial charge in [0.25, 0.3) is 0 Å². The van der Waals surface area contributed by atoms with Gasteiger partial charge in [0.05, 0.1) is 5.54 Å². The summed E-state index contributed by atoms with van der Waals surface area (Å²) in [5, 5.41) is 9.33. The Morgan fingerprint density at radius 1 is 1.47 bits per heavy atom. The third kappa shape index (κ3) is 3.44. The molecular weight excluding hydrogens is 247 g/mol. The average Bonchev–Trinajstić information content (AvgIpc) is 2.39. The van der Waals surface area contributed by atoms with Gasteiger partial charge in [0.15, 0.2) is 0 Å². The maximum Gasteiger partial charge on any atom is 0.410 e. The largest absolute Gasteiger partial charge is 0.465 e. The van der Waals surface area contributed by atoms with Gasteiger partial charge >= 0.3 is 6.09 Å². The molecule has 106 valence electrons. The zero-order chi connectivity index (χ0) is 14.5. The summed E-state index contributed by atoms with van der Waals surface area (Å²) in [5.41, 5.74) is 5.09. The molecule has 3 N–H and O–H groups in total. The second-order valence-corrected chi connectivity index (χ2v) is 4.85. The maximum atomic E-state index is 14.5. The van der Waals surface area contributed by atoms with Crippen LogP contribution in [0.1, 0.15) is 38.5 Å². The zero-order valence-corrected chi connectivity index (χ0v) is 11.3. The molecule has 0 aromatic heterocycles. The summed E-state index contributed by atoms with van der Waals surface area (Å²) in [6, 6.07) is 8.27. The number of halogens is 1. The number of nitrogens with zero attached hydrogens (tertiary/aromatic N) is 1. The van der Waals surface area contributed by atoms with Crippen molar-refractivity contribution < 1.29 is 14.3 Å². The van der Waals surface area contributed by atoms with Gasteiger partial charge in [-0.05, 0) is 13.3 Å². The van der Waals surface area contributed by atoms with Crippen molar-refractivity contribution in [2.75, 3.05) is 6.54 Å². The molecule has 1 amide bonds. The minimum absolute atomic E-state index is 0.0837. The van der Waals surface area contributed by atoms with Crippen LogP contribution >= 0.6 is 0 Å². The molecule has 0 aliphatic rings. The van der Waals surface area contributed by atoms with E-state index < -0.39 is 17.9 Å². The number of hydrogen-bond acceptors (Lipinski definition) is 2. The fraction of sp³-hybridized carbons (Fsp3) is 0.500. The highest BCUT2D eigenvalue weighted by atomic mass is 19.1. The highest BCUT2D eigenvalue weighted by Crippen LogP contribution is 2.32. The van der Waals surface area contributed by atoms with Gasteiger partial charge in [-0.25, -0.2) is 9.18 Å². The lowest BCUT2D eigenvalue weighted by molar-refractivity contribution is -0.000512. The Kier molecular flexibility index (Phi) is 5.30. The van der Waals surface area contributed by atoms with Crippen LogP contribution < -0.4 is 5.73 Å². The first kappa shape index (κ1) is 15.4. The number of hydrogen-bond donors (Lipinski definition) is 2. The maximum absolute atomic E-state index is 14.5. The van der Waals surface area contributed by atoms with Crippen molar-refractivity contribution in [2.24, 2.45) is 5.73 Å². The van der Waals surface area contributed by atoms with Gasteiger partial charge in [-0.1, -0.05) is 43.7 Å². The van der Waals surface area contributed by atoms with E-state index in [4.69, 9.17) is 5.73 Å². The van der Waals surface area contributed by atoms with Crippen LogP contribution in [0.15, 0.2) is 30.3 Å². The molecule has 2 atom stereocenters. The van der Waals surface area contributed by atoms with Gasteiger partial charge in [0.1, 0.15) is 0 Å². The molecule has 0 aliphatic carbocycles. The molecule has 4 nitrogen and oxygen atoms in total. The van der Waals surface area contributed by atoms with Gasteiger partial charge < -0.3 is 10.8 Å². The Labute approximate surface area is 113 Å². The van der Waals surface area contributed by atoms with E-state index in [0.29, 0.717) is 12.0 Å². The molecule has 5 heteroatoms. The van der Waals surface area contributed by atoms with Gasteiger partial charge in [0, 0.05) is 12.1 Å². The van der Waals surface area contributed by atoms with Crippen LogP contribution in [0.4, 0.5) is 9.18 Å². The Morgan fingerprint density at radius 3 is 2.47 bits per heavy atom. The summed E-state index contributed by atoms with van der Waals surface area (Å²) in [5.74, 6) is 0. The van der Waals surface area contributed by atoms with Crippen molar-refractivity contribution in [1.29, 1.82) is 0 Å². The molecule has 1 aromatic carbocycles. The summed E-state index contributed by atoms with van der Waals surface area (Å²) in [4.78, 5) is 12.3. The summed E-state index contributed by atoms with van der Waals surface area (Å²) in [7, 11) is 0. The van der Waals surface area contributed by atoms with Crippen LogP contribution in [0.25, 0.3) is 0 Å². The van der Waals surface area contributed by atoms with Gasteiger partial charge in [-0.2, -0.15) is 0 Å². The molecule has 19 heavy (non-hydrogen) atoms. The second kappa shape index (κ2) is 6.52. The van der Waals surface area contributed by atoms with Crippen molar-refractivity contribution in [3.63, 3.8) is 0 Å². The fourth-order valence-electron chi connectivity index (χ4n) is 2.22. The predicted molar refractivity (Wildman–Crippen MR) is 72.5 cm³/mol. The van der Waals surface area contributed by atoms with Crippen molar-refractivity contribution >= 4 is 6.09 Å². The van der Waals surface area contributed by atoms with E-state index in [1.54, 1.807) is 37.3 Å². The van der Waals surface area contributed by atoms with E-state index in [1.807, 2.05) is 6.92 Å². The molecule has 0 radical (unpaired) electrons. The lowest BCUT2D eigenvalue weighted by Gasteiger charge is -2.40. The monoisotopic (exact) mass is 268 g/mol. The molecule has 1 rings (SSSR count). The molecule has 0 fully saturated rings. The highest BCUT2D eigenvalue weighted by Gasteiger charge is 2.39. The lowest BCUT2D eigenvalue weighted by Crippen LogP contribution is -2.54. The van der Waals surface area contributed by atoms with Crippen molar-refractivity contribution in [1.82, 2.24) is 4.90 Å². The standard InChI is InChI=1S/C14H21FN2O2/c1-3-9-14(2,10-16)17(13(18)19)12(15)11-7-5-4-6-8-11/h4-8,12H,3,9-10,16H2,1-2H3,(H,18,19). The number of carboxylic acid groups (broad SMARTS) is 1. The van der Waals surface area contributed by atoms with Crippen molar-refractivity contribution in [3.8, 4) is 0 Å². The fourth-order valence-corrected chi connectivity index (χ4v) is 2.22. The van der Waals surface area contributed by atoms with Gasteiger partial charge in [-0.3, -0.25) is 4.90 Å². The zero-order valence-electron chi connectivity index (χ0n) is 11.3. The number of rotatable bonds is 6. The summed E-state index contributed by atoms with van der Waals surface area (Å²) in [6.45, 7) is 3.68. The topological polar surface area (TPSA) is 66.6 Å². The summed E-state index contributed by atoms with van der Waals surface area (Å²) < 4.78 is 14.5. The molecule has 0 bridgehead atoms. The number of amides is 1. The minimum Gasteiger partial charge on any atom is -0.465 e. The molecular formula is C14H21FN2O2.